The van der Waals surface area contributed by atoms with Gasteiger partial charge in [-0.05, 0) is 40.2 Å². The molecule has 0 aliphatic carbocycles. The number of nitrogens with zero attached hydrogens (tertiary/aromatic N) is 1. The van der Waals surface area contributed by atoms with Gasteiger partial charge >= 0.3 is 0 Å². The van der Waals surface area contributed by atoms with Crippen molar-refractivity contribution in [1.29, 1.82) is 0 Å². The van der Waals surface area contributed by atoms with Crippen molar-refractivity contribution in [2.45, 2.75) is 58.9 Å². The largest absolute Gasteiger partial charge is 0.507 e. The van der Waals surface area contributed by atoms with Crippen molar-refractivity contribution in [3.05, 3.63) is 63.7 Å². The summed E-state index contributed by atoms with van der Waals surface area (Å²) < 4.78 is 0. The molecule has 0 amide bonds. The number of benzene rings is 2. The van der Waals surface area contributed by atoms with Gasteiger partial charge in [0.15, 0.2) is 0 Å². The summed E-state index contributed by atoms with van der Waals surface area (Å²) in [5.74, 6) is 0.315. The first-order valence-corrected chi connectivity index (χ1v) is 8.98. The monoisotopic (exact) mass is 357 g/mol. The molecular formula is C22H28ClNO. The zero-order valence-electron chi connectivity index (χ0n) is 16.0. The highest BCUT2D eigenvalue weighted by Crippen LogP contribution is 2.37. The van der Waals surface area contributed by atoms with E-state index in [-0.39, 0.29) is 10.8 Å². The second-order valence-electron chi connectivity index (χ2n) is 8.56. The quantitative estimate of drug-likeness (QED) is 0.646. The molecule has 0 radical (unpaired) electrons. The van der Waals surface area contributed by atoms with Gasteiger partial charge in [-0.15, -0.1) is 0 Å². The number of halogens is 1. The molecule has 2 rings (SSSR count). The van der Waals surface area contributed by atoms with Crippen molar-refractivity contribution >= 4 is 17.8 Å². The lowest BCUT2D eigenvalue weighted by atomic mass is 9.79. The lowest BCUT2D eigenvalue weighted by Crippen LogP contribution is -2.17. The molecule has 0 spiro atoms. The van der Waals surface area contributed by atoms with Crippen molar-refractivity contribution in [2.24, 2.45) is 4.99 Å². The molecule has 25 heavy (non-hydrogen) atoms. The fraction of sp³-hybridized carbons (Fsp3) is 0.409. The van der Waals surface area contributed by atoms with E-state index >= 15 is 0 Å². The van der Waals surface area contributed by atoms with Crippen molar-refractivity contribution in [1.82, 2.24) is 0 Å². The van der Waals surface area contributed by atoms with Gasteiger partial charge in [0.05, 0.1) is 6.54 Å². The zero-order valence-corrected chi connectivity index (χ0v) is 16.8. The minimum Gasteiger partial charge on any atom is -0.507 e. The summed E-state index contributed by atoms with van der Waals surface area (Å²) in [6, 6.07) is 11.8. The van der Waals surface area contributed by atoms with E-state index in [0.29, 0.717) is 17.3 Å². The van der Waals surface area contributed by atoms with Gasteiger partial charge in [0.1, 0.15) is 5.75 Å². The lowest BCUT2D eigenvalue weighted by molar-refractivity contribution is 0.444. The average Bonchev–Trinajstić information content (AvgIpc) is 2.46. The molecule has 0 bridgehead atoms. The molecule has 3 heteroatoms. The van der Waals surface area contributed by atoms with Crippen LogP contribution in [0, 0.1) is 0 Å². The standard InChI is InChI=1S/C22H28ClNO/c1-21(2,3)17-11-16(20(25)19(12-17)22(4,5)6)14-24-13-15-8-7-9-18(23)10-15/h7-12,14,25H,13H2,1-6H3. The smallest absolute Gasteiger partial charge is 0.128 e. The minimum atomic E-state index is -0.138. The van der Waals surface area contributed by atoms with Crippen molar-refractivity contribution < 1.29 is 5.11 Å². The van der Waals surface area contributed by atoms with Crippen LogP contribution in [0.3, 0.4) is 0 Å². The van der Waals surface area contributed by atoms with Crippen molar-refractivity contribution in [3.8, 4) is 5.75 Å². The molecule has 0 fully saturated rings. The molecule has 1 N–H and O–H groups in total. The molecule has 0 saturated carbocycles. The highest BCUT2D eigenvalue weighted by Gasteiger charge is 2.24. The molecular weight excluding hydrogens is 330 g/mol. The summed E-state index contributed by atoms with van der Waals surface area (Å²) in [4.78, 5) is 4.52. The maximum Gasteiger partial charge on any atom is 0.128 e. The second kappa shape index (κ2) is 7.21. The molecule has 0 saturated heterocycles. The molecule has 0 aliphatic heterocycles. The number of rotatable bonds is 3. The van der Waals surface area contributed by atoms with Gasteiger partial charge in [0, 0.05) is 22.4 Å². The van der Waals surface area contributed by atoms with Crippen LogP contribution in [-0.4, -0.2) is 11.3 Å². The highest BCUT2D eigenvalue weighted by molar-refractivity contribution is 6.30. The predicted octanol–water partition coefficient (Wildman–Crippen LogP) is 6.26. The Labute approximate surface area is 156 Å². The fourth-order valence-electron chi connectivity index (χ4n) is 2.64. The van der Waals surface area contributed by atoms with Gasteiger partial charge in [-0.25, -0.2) is 0 Å². The molecule has 0 aromatic heterocycles. The summed E-state index contributed by atoms with van der Waals surface area (Å²) in [6.45, 7) is 13.4. The highest BCUT2D eigenvalue weighted by atomic mass is 35.5. The second-order valence-corrected chi connectivity index (χ2v) is 9.00. The molecule has 0 unspecified atom stereocenters. The van der Waals surface area contributed by atoms with E-state index in [1.54, 1.807) is 6.21 Å². The normalized spacial score (nSPS) is 12.8. The van der Waals surface area contributed by atoms with E-state index in [0.717, 1.165) is 16.7 Å². The summed E-state index contributed by atoms with van der Waals surface area (Å²) in [6.07, 6.45) is 1.76. The summed E-state index contributed by atoms with van der Waals surface area (Å²) in [5.41, 5.74) is 3.82. The third-order valence-electron chi connectivity index (χ3n) is 4.21. The first-order valence-electron chi connectivity index (χ1n) is 8.61. The van der Waals surface area contributed by atoms with Crippen LogP contribution < -0.4 is 0 Å². The molecule has 2 nitrogen and oxygen atoms in total. The third-order valence-corrected chi connectivity index (χ3v) is 4.44. The Hall–Kier alpha value is -1.80. The molecule has 134 valence electrons. The van der Waals surface area contributed by atoms with E-state index in [4.69, 9.17) is 11.6 Å². The van der Waals surface area contributed by atoms with Gasteiger partial charge in [-0.3, -0.25) is 4.99 Å². The Morgan fingerprint density at radius 3 is 2.24 bits per heavy atom. The van der Waals surface area contributed by atoms with E-state index in [9.17, 15) is 5.11 Å². The topological polar surface area (TPSA) is 32.6 Å². The Bertz CT molecular complexity index is 780. The lowest BCUT2D eigenvalue weighted by Gasteiger charge is -2.27. The number of aliphatic imine (C=N–C) groups is 1. The summed E-state index contributed by atoms with van der Waals surface area (Å²) in [7, 11) is 0. The number of aromatic hydroxyl groups is 1. The van der Waals surface area contributed by atoms with Crippen LogP contribution in [0.4, 0.5) is 0 Å². The first-order chi connectivity index (χ1) is 11.5. The molecule has 0 heterocycles. The van der Waals surface area contributed by atoms with Crippen molar-refractivity contribution in [3.63, 3.8) is 0 Å². The van der Waals surface area contributed by atoms with Crippen LogP contribution in [-0.2, 0) is 17.4 Å². The van der Waals surface area contributed by atoms with Gasteiger partial charge in [-0.1, -0.05) is 71.3 Å². The van der Waals surface area contributed by atoms with Gasteiger partial charge in [0.2, 0.25) is 0 Å². The number of phenolic OH excluding ortho intramolecular Hbond substituents is 1. The van der Waals surface area contributed by atoms with Crippen molar-refractivity contribution in [2.75, 3.05) is 0 Å². The number of hydrogen-bond acceptors (Lipinski definition) is 2. The van der Waals surface area contributed by atoms with E-state index < -0.39 is 0 Å². The van der Waals surface area contributed by atoms with Gasteiger partial charge < -0.3 is 5.11 Å². The van der Waals surface area contributed by atoms with E-state index in [1.165, 1.54) is 5.56 Å². The molecule has 2 aromatic rings. The summed E-state index contributed by atoms with van der Waals surface area (Å²) in [5, 5.41) is 11.5. The maximum absolute atomic E-state index is 10.7. The van der Waals surface area contributed by atoms with Gasteiger partial charge in [0.25, 0.3) is 0 Å². The Morgan fingerprint density at radius 1 is 1.00 bits per heavy atom. The SMILES string of the molecule is CC(C)(C)c1cc(C=NCc2cccc(Cl)c2)c(O)c(C(C)(C)C)c1. The van der Waals surface area contributed by atoms with Crippen LogP contribution in [0.5, 0.6) is 5.75 Å². The molecule has 2 aromatic carbocycles. The predicted molar refractivity (Wildman–Crippen MR) is 108 cm³/mol. The van der Waals surface area contributed by atoms with E-state index in [1.807, 2.05) is 30.3 Å². The Kier molecular flexibility index (Phi) is 5.63. The zero-order chi connectivity index (χ0) is 18.8. The van der Waals surface area contributed by atoms with Crippen LogP contribution in [0.15, 0.2) is 41.4 Å². The van der Waals surface area contributed by atoms with Crippen LogP contribution >= 0.6 is 11.6 Å². The number of phenols is 1. The summed E-state index contributed by atoms with van der Waals surface area (Å²) >= 11 is 6.02. The fourth-order valence-corrected chi connectivity index (χ4v) is 2.86. The van der Waals surface area contributed by atoms with E-state index in [2.05, 4.69) is 52.6 Å². The average molecular weight is 358 g/mol. The van der Waals surface area contributed by atoms with Crippen LogP contribution in [0.2, 0.25) is 5.02 Å². The number of hydrogen-bond donors (Lipinski definition) is 1. The van der Waals surface area contributed by atoms with Gasteiger partial charge in [-0.2, -0.15) is 0 Å². The van der Waals surface area contributed by atoms with Crippen LogP contribution in [0.25, 0.3) is 0 Å². The minimum absolute atomic E-state index is 0.00322. The molecule has 0 atom stereocenters. The maximum atomic E-state index is 10.7. The Morgan fingerprint density at radius 2 is 1.68 bits per heavy atom. The molecule has 0 aliphatic rings. The first kappa shape index (κ1) is 19.5. The van der Waals surface area contributed by atoms with Crippen LogP contribution in [0.1, 0.15) is 63.8 Å². The Balaban J connectivity index is 2.40. The third kappa shape index (κ3) is 5.09.